The molecule has 1 N–H and O–H groups in total. The van der Waals surface area contributed by atoms with Crippen LogP contribution in [-0.2, 0) is 4.52 Å². The monoisotopic (exact) mass is 190 g/mol. The fourth-order valence-electron chi connectivity index (χ4n) is 1.83. The zero-order valence-electron chi connectivity index (χ0n) is 6.92. The van der Waals surface area contributed by atoms with Gasteiger partial charge >= 0.3 is 0 Å². The fourth-order valence-corrected chi connectivity index (χ4v) is 7.23. The van der Waals surface area contributed by atoms with Crippen LogP contribution in [0.2, 0.25) is 23.7 Å². The first kappa shape index (κ1) is 8.18. The second kappa shape index (κ2) is 2.81. The second-order valence-corrected chi connectivity index (χ2v) is 9.91. The van der Waals surface area contributed by atoms with Gasteiger partial charge in [-0.1, -0.05) is 18.1 Å². The summed E-state index contributed by atoms with van der Waals surface area (Å²) in [4.78, 5) is 8.86. The van der Waals surface area contributed by atoms with E-state index in [1.165, 1.54) is 18.0 Å². The average Bonchev–Trinajstić information content (AvgIpc) is 2.66. The molecule has 4 heteroatoms. The highest BCUT2D eigenvalue weighted by molar-refractivity contribution is 7.45. The first-order valence-electron chi connectivity index (χ1n) is 4.28. The molecule has 0 spiro atoms. The van der Waals surface area contributed by atoms with Crippen LogP contribution in [0.25, 0.3) is 0 Å². The van der Waals surface area contributed by atoms with Crippen molar-refractivity contribution in [3.05, 3.63) is 0 Å². The normalized spacial score (nSPS) is 41.5. The number of hydrogen-bond donors (Lipinski definition) is 1. The van der Waals surface area contributed by atoms with Crippen LogP contribution in [0, 0.1) is 0 Å². The summed E-state index contributed by atoms with van der Waals surface area (Å²) in [5.41, 5.74) is 1.24. The third kappa shape index (κ3) is 1.83. The third-order valence-corrected chi connectivity index (χ3v) is 8.56. The Bertz CT molecular complexity index is 157. The first-order valence-corrected chi connectivity index (χ1v) is 8.64. The molecule has 2 saturated heterocycles. The van der Waals surface area contributed by atoms with Crippen molar-refractivity contribution in [2.75, 3.05) is 13.3 Å². The topological polar surface area (TPSA) is 29.5 Å². The van der Waals surface area contributed by atoms with Gasteiger partial charge in [0.15, 0.2) is 8.38 Å². The molecule has 0 saturated carbocycles. The van der Waals surface area contributed by atoms with E-state index in [1.54, 1.807) is 18.8 Å². The van der Waals surface area contributed by atoms with Crippen LogP contribution < -0.4 is 0 Å². The van der Waals surface area contributed by atoms with Crippen molar-refractivity contribution in [1.82, 2.24) is 0 Å². The van der Waals surface area contributed by atoms with E-state index in [9.17, 15) is 0 Å². The van der Waals surface area contributed by atoms with E-state index in [1.807, 2.05) is 0 Å². The standard InChI is InChI=1S/C7H15O2PSi/c1-10(8)9-3-2-4-11-5-7(11)6-11/h7-8H,2-6H2,1H3. The highest BCUT2D eigenvalue weighted by atomic mass is 31.2. The molecule has 0 radical (unpaired) electrons. The summed E-state index contributed by atoms with van der Waals surface area (Å²) in [6.45, 7) is 2.53. The molecule has 0 aliphatic carbocycles. The van der Waals surface area contributed by atoms with E-state index in [-0.39, 0.29) is 0 Å². The Hall–Kier alpha value is 0.567. The molecular formula is C7H15O2PSi. The first-order chi connectivity index (χ1) is 5.23. The van der Waals surface area contributed by atoms with Gasteiger partial charge in [0.05, 0.1) is 14.7 Å². The lowest BCUT2D eigenvalue weighted by atomic mass is 10.5. The summed E-state index contributed by atoms with van der Waals surface area (Å²) in [6, 6.07) is 4.71. The van der Waals surface area contributed by atoms with Gasteiger partial charge in [0, 0.05) is 6.66 Å². The van der Waals surface area contributed by atoms with Crippen molar-refractivity contribution < 1.29 is 9.42 Å². The van der Waals surface area contributed by atoms with Crippen LogP contribution in [0.15, 0.2) is 0 Å². The van der Waals surface area contributed by atoms with Gasteiger partial charge in [0.1, 0.15) is 0 Å². The maximum atomic E-state index is 8.86. The second-order valence-electron chi connectivity index (χ2n) is 3.87. The lowest BCUT2D eigenvalue weighted by Crippen LogP contribution is -2.00. The lowest BCUT2D eigenvalue weighted by molar-refractivity contribution is 0.313. The molecule has 2 aliphatic heterocycles. The van der Waals surface area contributed by atoms with E-state index in [2.05, 4.69) is 0 Å². The van der Waals surface area contributed by atoms with Crippen LogP contribution in [0.5, 0.6) is 0 Å². The van der Waals surface area contributed by atoms with E-state index in [0.29, 0.717) is 0 Å². The highest BCUT2D eigenvalue weighted by Gasteiger charge is 2.70. The molecule has 0 bridgehead atoms. The van der Waals surface area contributed by atoms with Gasteiger partial charge in [-0.3, -0.25) is 0 Å². The summed E-state index contributed by atoms with van der Waals surface area (Å²) >= 11 is 0. The van der Waals surface area contributed by atoms with Crippen LogP contribution in [-0.4, -0.2) is 26.2 Å². The molecule has 2 aliphatic rings. The number of hydrogen-bond acceptors (Lipinski definition) is 2. The highest BCUT2D eigenvalue weighted by Crippen LogP contribution is 2.74. The van der Waals surface area contributed by atoms with Crippen LogP contribution in [0.1, 0.15) is 6.42 Å². The molecule has 2 fully saturated rings. The van der Waals surface area contributed by atoms with E-state index in [4.69, 9.17) is 9.42 Å². The zero-order valence-corrected chi connectivity index (χ0v) is 8.81. The lowest BCUT2D eigenvalue weighted by Gasteiger charge is -2.05. The maximum Gasteiger partial charge on any atom is 0.164 e. The Balaban J connectivity index is 1.48. The molecule has 2 nitrogen and oxygen atoms in total. The van der Waals surface area contributed by atoms with Crippen molar-refractivity contribution in [1.29, 1.82) is 0 Å². The van der Waals surface area contributed by atoms with Gasteiger partial charge < -0.3 is 9.42 Å². The Labute approximate surface area is 69.9 Å². The molecule has 1 atom stereocenters. The molecule has 0 aromatic rings. The minimum atomic E-state index is -1.10. The largest absolute Gasteiger partial charge is 0.350 e. The van der Waals surface area contributed by atoms with Gasteiger partial charge in [-0.15, -0.1) is 0 Å². The molecule has 0 amide bonds. The predicted octanol–water partition coefficient (Wildman–Crippen LogP) is 2.17. The smallest absolute Gasteiger partial charge is 0.164 e. The average molecular weight is 190 g/mol. The van der Waals surface area contributed by atoms with Crippen molar-refractivity contribution >= 4 is 16.4 Å². The summed E-state index contributed by atoms with van der Waals surface area (Å²) in [5, 5.41) is 0. The molecular weight excluding hydrogens is 175 g/mol. The Kier molecular flexibility index (Phi) is 2.09. The molecule has 2 heterocycles. The predicted molar refractivity (Wildman–Crippen MR) is 49.6 cm³/mol. The Morgan fingerprint density at radius 3 is 2.73 bits per heavy atom. The van der Waals surface area contributed by atoms with Gasteiger partial charge in [-0.05, 0) is 12.0 Å². The zero-order chi connectivity index (χ0) is 7.90. The minimum Gasteiger partial charge on any atom is -0.350 e. The molecule has 1 unspecified atom stereocenters. The van der Waals surface area contributed by atoms with Gasteiger partial charge in [-0.25, -0.2) is 0 Å². The van der Waals surface area contributed by atoms with Gasteiger partial charge in [-0.2, -0.15) is 0 Å². The summed E-state index contributed by atoms with van der Waals surface area (Å²) < 4.78 is 5.13. The molecule has 2 rings (SSSR count). The fraction of sp³-hybridized carbons (Fsp3) is 1.00. The Morgan fingerprint density at radius 1 is 1.64 bits per heavy atom. The molecule has 11 heavy (non-hydrogen) atoms. The van der Waals surface area contributed by atoms with Crippen molar-refractivity contribution in [2.45, 2.75) is 30.1 Å². The van der Waals surface area contributed by atoms with Gasteiger partial charge in [0.25, 0.3) is 0 Å². The van der Waals surface area contributed by atoms with Crippen LogP contribution >= 0.6 is 8.38 Å². The SMILES string of the molecule is CP(O)OCCC[Si]12CC1C2. The van der Waals surface area contributed by atoms with E-state index in [0.717, 1.165) is 6.61 Å². The Morgan fingerprint density at radius 2 is 2.27 bits per heavy atom. The number of fused-ring (bicyclic) bond motifs is 1. The summed E-state index contributed by atoms with van der Waals surface area (Å²) in [5.74, 6) is 0. The molecule has 64 valence electrons. The maximum absolute atomic E-state index is 8.86. The van der Waals surface area contributed by atoms with E-state index < -0.39 is 16.4 Å². The van der Waals surface area contributed by atoms with Gasteiger partial charge in [0.2, 0.25) is 0 Å². The molecule has 0 aromatic carbocycles. The van der Waals surface area contributed by atoms with Crippen LogP contribution in [0.3, 0.4) is 0 Å². The van der Waals surface area contributed by atoms with Crippen molar-refractivity contribution in [2.24, 2.45) is 0 Å². The summed E-state index contributed by atoms with van der Waals surface area (Å²) in [6.07, 6.45) is 1.20. The van der Waals surface area contributed by atoms with Crippen molar-refractivity contribution in [3.63, 3.8) is 0 Å². The van der Waals surface area contributed by atoms with Crippen LogP contribution in [0.4, 0.5) is 0 Å². The van der Waals surface area contributed by atoms with Crippen molar-refractivity contribution in [3.8, 4) is 0 Å². The number of rotatable bonds is 5. The quantitative estimate of drug-likeness (QED) is 0.409. The summed E-state index contributed by atoms with van der Waals surface area (Å²) in [7, 11) is -1.57. The molecule has 0 aromatic heterocycles. The van der Waals surface area contributed by atoms with E-state index >= 15 is 0 Å². The third-order valence-electron chi connectivity index (χ3n) is 2.95. The minimum absolute atomic E-state index is 0.467.